The second-order valence-corrected chi connectivity index (χ2v) is 7.53. The van der Waals surface area contributed by atoms with Crippen LogP contribution in [0.4, 0.5) is 8.78 Å². The van der Waals surface area contributed by atoms with Gasteiger partial charge in [-0.15, -0.1) is 11.3 Å². The van der Waals surface area contributed by atoms with Crippen molar-refractivity contribution in [1.29, 1.82) is 0 Å². The first kappa shape index (κ1) is 18.7. The predicted octanol–water partition coefficient (Wildman–Crippen LogP) is 4.05. The van der Waals surface area contributed by atoms with Gasteiger partial charge < -0.3 is 4.90 Å². The lowest BCUT2D eigenvalue weighted by atomic mass is 10.1. The molecule has 0 radical (unpaired) electrons. The van der Waals surface area contributed by atoms with E-state index in [0.717, 1.165) is 28.4 Å². The summed E-state index contributed by atoms with van der Waals surface area (Å²) in [6.45, 7) is 2.84. The minimum atomic E-state index is -0.816. The molecule has 0 atom stereocenters. The van der Waals surface area contributed by atoms with Crippen LogP contribution in [-0.2, 0) is 6.54 Å². The van der Waals surface area contributed by atoms with E-state index in [1.807, 2.05) is 30.3 Å². The molecule has 7 heteroatoms. The van der Waals surface area contributed by atoms with Crippen LogP contribution in [0.1, 0.15) is 16.1 Å². The van der Waals surface area contributed by atoms with Gasteiger partial charge in [0.15, 0.2) is 0 Å². The minimum absolute atomic E-state index is 0.433. The number of aromatic nitrogens is 1. The fourth-order valence-electron chi connectivity index (χ4n) is 3.29. The normalized spacial score (nSPS) is 15.0. The maximum absolute atomic E-state index is 13.9. The molecule has 3 aromatic rings. The maximum Gasteiger partial charge on any atom is 0.259 e. The van der Waals surface area contributed by atoms with Crippen LogP contribution in [0, 0.1) is 11.6 Å². The van der Waals surface area contributed by atoms with Gasteiger partial charge in [-0.3, -0.25) is 9.69 Å². The summed E-state index contributed by atoms with van der Waals surface area (Å²) in [4.78, 5) is 20.9. The summed E-state index contributed by atoms with van der Waals surface area (Å²) >= 11 is 1.61. The fraction of sp³-hybridized carbons (Fsp3) is 0.238. The highest BCUT2D eigenvalue weighted by Gasteiger charge is 2.26. The summed E-state index contributed by atoms with van der Waals surface area (Å²) in [5, 5.41) is 3.04. The van der Waals surface area contributed by atoms with Crippen LogP contribution in [0.5, 0.6) is 0 Å². The number of hydrogen-bond donors (Lipinski definition) is 0. The number of rotatable bonds is 4. The second-order valence-electron chi connectivity index (χ2n) is 6.68. The molecule has 0 bridgehead atoms. The number of carbonyl (C=O) groups excluding carboxylic acids is 1. The molecule has 0 aliphatic carbocycles. The molecule has 4 nitrogen and oxygen atoms in total. The zero-order valence-electron chi connectivity index (χ0n) is 15.1. The topological polar surface area (TPSA) is 36.4 Å². The quantitative estimate of drug-likeness (QED) is 0.664. The van der Waals surface area contributed by atoms with Crippen molar-refractivity contribution in [2.24, 2.45) is 0 Å². The Labute approximate surface area is 166 Å². The lowest BCUT2D eigenvalue weighted by Gasteiger charge is -2.34. The van der Waals surface area contributed by atoms with Gasteiger partial charge in [0.1, 0.15) is 22.2 Å². The van der Waals surface area contributed by atoms with Gasteiger partial charge in [0.05, 0.1) is 5.69 Å². The number of benzene rings is 2. The molecule has 28 heavy (non-hydrogen) atoms. The van der Waals surface area contributed by atoms with Gasteiger partial charge in [0, 0.05) is 43.7 Å². The van der Waals surface area contributed by atoms with Crippen LogP contribution >= 0.6 is 11.3 Å². The van der Waals surface area contributed by atoms with E-state index in [1.54, 1.807) is 11.3 Å². The Morgan fingerprint density at radius 1 is 0.964 bits per heavy atom. The van der Waals surface area contributed by atoms with E-state index in [1.165, 1.54) is 11.0 Å². The van der Waals surface area contributed by atoms with Crippen molar-refractivity contribution in [2.45, 2.75) is 6.54 Å². The Kier molecular flexibility index (Phi) is 5.45. The molecule has 1 aromatic heterocycles. The third-order valence-corrected chi connectivity index (χ3v) is 5.73. The summed E-state index contributed by atoms with van der Waals surface area (Å²) in [7, 11) is 0. The molecule has 1 aliphatic heterocycles. The first-order valence-corrected chi connectivity index (χ1v) is 9.95. The Bertz CT molecular complexity index is 949. The molecular weight excluding hydrogens is 380 g/mol. The number of piperazine rings is 1. The maximum atomic E-state index is 13.9. The molecule has 4 rings (SSSR count). The van der Waals surface area contributed by atoms with Crippen LogP contribution in [0.15, 0.2) is 53.9 Å². The van der Waals surface area contributed by atoms with Gasteiger partial charge in [-0.05, 0) is 12.1 Å². The van der Waals surface area contributed by atoms with Crippen LogP contribution < -0.4 is 0 Å². The molecular formula is C21H19F2N3OS. The van der Waals surface area contributed by atoms with Crippen molar-refractivity contribution in [3.05, 3.63) is 76.8 Å². The Balaban J connectivity index is 1.36. The van der Waals surface area contributed by atoms with Crippen LogP contribution in [0.25, 0.3) is 10.6 Å². The lowest BCUT2D eigenvalue weighted by molar-refractivity contribution is 0.0618. The molecule has 0 spiro atoms. The highest BCUT2D eigenvalue weighted by Crippen LogP contribution is 2.24. The predicted molar refractivity (Wildman–Crippen MR) is 105 cm³/mol. The third-order valence-electron chi connectivity index (χ3n) is 4.79. The number of hydrogen-bond acceptors (Lipinski definition) is 4. The van der Waals surface area contributed by atoms with Crippen molar-refractivity contribution in [1.82, 2.24) is 14.8 Å². The number of halogens is 2. The average molecular weight is 399 g/mol. The average Bonchev–Trinajstić information content (AvgIpc) is 3.17. The van der Waals surface area contributed by atoms with Crippen molar-refractivity contribution >= 4 is 17.2 Å². The minimum Gasteiger partial charge on any atom is -0.336 e. The van der Waals surface area contributed by atoms with Gasteiger partial charge in [0.25, 0.3) is 5.91 Å². The standard InChI is InChI=1S/C21H19F2N3OS/c22-17-7-4-8-18(23)19(17)21(27)26-11-9-25(10-12-26)13-16-14-28-20(24-16)15-5-2-1-3-6-15/h1-8,14H,9-13H2. The molecule has 1 amide bonds. The Morgan fingerprint density at radius 2 is 1.64 bits per heavy atom. The van der Waals surface area contributed by atoms with E-state index in [0.29, 0.717) is 32.7 Å². The molecule has 0 saturated carbocycles. The van der Waals surface area contributed by atoms with Crippen molar-refractivity contribution in [2.75, 3.05) is 26.2 Å². The SMILES string of the molecule is O=C(c1c(F)cccc1F)N1CCN(Cc2csc(-c3ccccc3)n2)CC1. The second kappa shape index (κ2) is 8.16. The van der Waals surface area contributed by atoms with E-state index in [4.69, 9.17) is 4.98 Å². The fourth-order valence-corrected chi connectivity index (χ4v) is 4.11. The first-order valence-electron chi connectivity index (χ1n) is 9.07. The van der Waals surface area contributed by atoms with Gasteiger partial charge in [-0.2, -0.15) is 0 Å². The van der Waals surface area contributed by atoms with E-state index in [9.17, 15) is 13.6 Å². The summed E-state index contributed by atoms with van der Waals surface area (Å²) in [5.74, 6) is -2.22. The monoisotopic (exact) mass is 399 g/mol. The summed E-state index contributed by atoms with van der Waals surface area (Å²) in [6, 6.07) is 13.5. The van der Waals surface area contributed by atoms with E-state index < -0.39 is 23.1 Å². The van der Waals surface area contributed by atoms with Crippen molar-refractivity contribution in [3.8, 4) is 10.6 Å². The highest BCUT2D eigenvalue weighted by molar-refractivity contribution is 7.13. The third kappa shape index (κ3) is 3.95. The smallest absolute Gasteiger partial charge is 0.259 e. The number of thiazole rings is 1. The largest absolute Gasteiger partial charge is 0.336 e. The Morgan fingerprint density at radius 3 is 2.32 bits per heavy atom. The van der Waals surface area contributed by atoms with E-state index in [-0.39, 0.29) is 0 Å². The molecule has 1 aliphatic rings. The Hall–Kier alpha value is -2.64. The molecule has 2 aromatic carbocycles. The lowest BCUT2D eigenvalue weighted by Crippen LogP contribution is -2.48. The zero-order chi connectivity index (χ0) is 19.5. The van der Waals surface area contributed by atoms with E-state index >= 15 is 0 Å². The van der Waals surface area contributed by atoms with Crippen molar-refractivity contribution < 1.29 is 13.6 Å². The molecule has 2 heterocycles. The number of carbonyl (C=O) groups is 1. The molecule has 144 valence electrons. The van der Waals surface area contributed by atoms with E-state index in [2.05, 4.69) is 10.3 Å². The van der Waals surface area contributed by atoms with Crippen LogP contribution in [0.2, 0.25) is 0 Å². The number of nitrogens with zero attached hydrogens (tertiary/aromatic N) is 3. The molecule has 1 fully saturated rings. The molecule has 0 N–H and O–H groups in total. The van der Waals surface area contributed by atoms with Gasteiger partial charge in [0.2, 0.25) is 0 Å². The van der Waals surface area contributed by atoms with Gasteiger partial charge in [-0.25, -0.2) is 13.8 Å². The molecule has 1 saturated heterocycles. The highest BCUT2D eigenvalue weighted by atomic mass is 32.1. The first-order chi connectivity index (χ1) is 13.6. The summed E-state index contributed by atoms with van der Waals surface area (Å²) in [5.41, 5.74) is 1.62. The van der Waals surface area contributed by atoms with Crippen LogP contribution in [-0.4, -0.2) is 46.9 Å². The van der Waals surface area contributed by atoms with Gasteiger partial charge in [-0.1, -0.05) is 36.4 Å². The zero-order valence-corrected chi connectivity index (χ0v) is 16.0. The van der Waals surface area contributed by atoms with Crippen LogP contribution in [0.3, 0.4) is 0 Å². The summed E-state index contributed by atoms with van der Waals surface area (Å²) < 4.78 is 27.7. The molecule has 0 unspecified atom stereocenters. The summed E-state index contributed by atoms with van der Waals surface area (Å²) in [6.07, 6.45) is 0. The van der Waals surface area contributed by atoms with Gasteiger partial charge >= 0.3 is 0 Å². The van der Waals surface area contributed by atoms with Crippen molar-refractivity contribution in [3.63, 3.8) is 0 Å². The number of amides is 1.